The van der Waals surface area contributed by atoms with Gasteiger partial charge in [0.05, 0.1) is 6.54 Å². The predicted molar refractivity (Wildman–Crippen MR) is 74.9 cm³/mol. The van der Waals surface area contributed by atoms with Crippen LogP contribution in [0, 0.1) is 0 Å². The number of nitrogens with one attached hydrogen (secondary N) is 2. The largest absolute Gasteiger partial charge is 0.396 e. The lowest BCUT2D eigenvalue weighted by atomic mass is 10.2. The van der Waals surface area contributed by atoms with E-state index in [1.807, 2.05) is 6.92 Å². The molecule has 0 aliphatic carbocycles. The molecule has 1 rings (SSSR count). The van der Waals surface area contributed by atoms with E-state index in [0.29, 0.717) is 13.0 Å². The maximum Gasteiger partial charge on any atom is 0.315 e. The maximum atomic E-state index is 11.6. The highest BCUT2D eigenvalue weighted by Gasteiger charge is 2.07. The zero-order valence-electron chi connectivity index (χ0n) is 11.0. The van der Waals surface area contributed by atoms with Crippen LogP contribution in [0.15, 0.2) is 12.1 Å². The van der Waals surface area contributed by atoms with Crippen molar-refractivity contribution < 1.29 is 9.90 Å². The van der Waals surface area contributed by atoms with Gasteiger partial charge in [-0.25, -0.2) is 4.79 Å². The van der Waals surface area contributed by atoms with E-state index in [4.69, 9.17) is 5.11 Å². The van der Waals surface area contributed by atoms with Crippen molar-refractivity contribution >= 4 is 17.4 Å². The Morgan fingerprint density at radius 3 is 2.78 bits per heavy atom. The second-order valence-electron chi connectivity index (χ2n) is 4.32. The molecule has 0 aliphatic heterocycles. The van der Waals surface area contributed by atoms with E-state index >= 15 is 0 Å². The molecule has 0 saturated carbocycles. The van der Waals surface area contributed by atoms with Crippen molar-refractivity contribution in [3.63, 3.8) is 0 Å². The number of carbonyl (C=O) groups excluding carboxylic acids is 1. The van der Waals surface area contributed by atoms with Crippen molar-refractivity contribution in [1.82, 2.24) is 10.6 Å². The van der Waals surface area contributed by atoms with Crippen molar-refractivity contribution in [1.29, 1.82) is 0 Å². The number of aryl methyl sites for hydroxylation is 1. The minimum absolute atomic E-state index is 0.0895. The van der Waals surface area contributed by atoms with Crippen molar-refractivity contribution in [2.75, 3.05) is 6.61 Å². The van der Waals surface area contributed by atoms with Crippen molar-refractivity contribution in [2.45, 2.75) is 45.7 Å². The molecule has 102 valence electrons. The smallest absolute Gasteiger partial charge is 0.315 e. The van der Waals surface area contributed by atoms with Crippen LogP contribution in [0.3, 0.4) is 0 Å². The zero-order valence-corrected chi connectivity index (χ0v) is 11.8. The van der Waals surface area contributed by atoms with Crippen LogP contribution in [-0.4, -0.2) is 23.8 Å². The van der Waals surface area contributed by atoms with Crippen LogP contribution in [0.1, 0.15) is 36.4 Å². The van der Waals surface area contributed by atoms with Crippen molar-refractivity contribution in [3.05, 3.63) is 21.9 Å². The molecule has 1 heterocycles. The first-order chi connectivity index (χ1) is 8.65. The fraction of sp³-hybridized carbons (Fsp3) is 0.615. The molecule has 0 aliphatic rings. The molecule has 0 aromatic carbocycles. The minimum atomic E-state index is -0.146. The number of thiophene rings is 1. The highest BCUT2D eigenvalue weighted by Crippen LogP contribution is 2.16. The summed E-state index contributed by atoms with van der Waals surface area (Å²) in [5.41, 5.74) is 0. The molecule has 0 saturated heterocycles. The molecule has 1 atom stereocenters. The van der Waals surface area contributed by atoms with Gasteiger partial charge in [0, 0.05) is 22.4 Å². The number of aliphatic hydroxyl groups excluding tert-OH is 1. The summed E-state index contributed by atoms with van der Waals surface area (Å²) in [5, 5.41) is 14.4. The summed E-state index contributed by atoms with van der Waals surface area (Å²) >= 11 is 1.73. The van der Waals surface area contributed by atoms with Crippen molar-refractivity contribution in [2.24, 2.45) is 0 Å². The van der Waals surface area contributed by atoms with E-state index in [-0.39, 0.29) is 18.7 Å². The Balaban J connectivity index is 2.24. The Kier molecular flexibility index (Phi) is 6.75. The lowest BCUT2D eigenvalue weighted by Gasteiger charge is -2.13. The first kappa shape index (κ1) is 15.0. The third-order valence-corrected chi connectivity index (χ3v) is 3.89. The molecule has 0 bridgehead atoms. The van der Waals surface area contributed by atoms with E-state index in [2.05, 4.69) is 29.7 Å². The molecule has 2 amide bonds. The lowest BCUT2D eigenvalue weighted by molar-refractivity contribution is 0.234. The first-order valence-electron chi connectivity index (χ1n) is 6.38. The standard InChI is InChI=1S/C13H22N2O2S/c1-3-11-6-7-12(18-11)9-14-13(17)15-10(2)5-4-8-16/h6-7,10,16H,3-5,8-9H2,1-2H3,(H2,14,15,17). The SMILES string of the molecule is CCc1ccc(CNC(=O)NC(C)CCCO)s1. The van der Waals surface area contributed by atoms with Crippen LogP contribution >= 0.6 is 11.3 Å². The van der Waals surface area contributed by atoms with Gasteiger partial charge >= 0.3 is 6.03 Å². The van der Waals surface area contributed by atoms with E-state index < -0.39 is 0 Å². The summed E-state index contributed by atoms with van der Waals surface area (Å²) in [6.45, 7) is 4.81. The highest BCUT2D eigenvalue weighted by atomic mass is 32.1. The van der Waals surface area contributed by atoms with E-state index in [9.17, 15) is 4.79 Å². The van der Waals surface area contributed by atoms with Crippen LogP contribution in [0.25, 0.3) is 0 Å². The monoisotopic (exact) mass is 270 g/mol. The minimum Gasteiger partial charge on any atom is -0.396 e. The molecule has 0 fully saturated rings. The number of aliphatic hydroxyl groups is 1. The Bertz CT molecular complexity index is 366. The maximum absolute atomic E-state index is 11.6. The Labute approximate surface area is 112 Å². The topological polar surface area (TPSA) is 61.4 Å². The Morgan fingerprint density at radius 1 is 1.44 bits per heavy atom. The van der Waals surface area contributed by atoms with E-state index in [0.717, 1.165) is 12.8 Å². The quantitative estimate of drug-likeness (QED) is 0.712. The molecular formula is C13H22N2O2S. The second kappa shape index (κ2) is 8.11. The molecule has 5 heteroatoms. The van der Waals surface area contributed by atoms with Crippen LogP contribution in [0.5, 0.6) is 0 Å². The molecule has 1 unspecified atom stereocenters. The molecule has 0 radical (unpaired) electrons. The van der Waals surface area contributed by atoms with Gasteiger partial charge in [-0.05, 0) is 38.3 Å². The summed E-state index contributed by atoms with van der Waals surface area (Å²) in [5.74, 6) is 0. The summed E-state index contributed by atoms with van der Waals surface area (Å²) in [4.78, 5) is 14.1. The molecule has 4 nitrogen and oxygen atoms in total. The summed E-state index contributed by atoms with van der Waals surface area (Å²) in [6.07, 6.45) is 2.55. The van der Waals surface area contributed by atoms with Gasteiger partial charge in [-0.15, -0.1) is 11.3 Å². The molecule has 0 spiro atoms. The third-order valence-electron chi connectivity index (χ3n) is 2.66. The molecule has 18 heavy (non-hydrogen) atoms. The Morgan fingerprint density at radius 2 is 2.17 bits per heavy atom. The number of rotatable bonds is 7. The number of urea groups is 1. The van der Waals surface area contributed by atoms with Crippen molar-refractivity contribution in [3.8, 4) is 0 Å². The number of carbonyl (C=O) groups is 1. The normalized spacial score (nSPS) is 12.2. The van der Waals surface area contributed by atoms with Gasteiger partial charge in [0.2, 0.25) is 0 Å². The average molecular weight is 270 g/mol. The lowest BCUT2D eigenvalue weighted by Crippen LogP contribution is -2.40. The average Bonchev–Trinajstić information content (AvgIpc) is 2.82. The number of amides is 2. The summed E-state index contributed by atoms with van der Waals surface area (Å²) in [6, 6.07) is 4.10. The van der Waals surface area contributed by atoms with Gasteiger partial charge in [-0.2, -0.15) is 0 Å². The van der Waals surface area contributed by atoms with Gasteiger partial charge in [0.25, 0.3) is 0 Å². The van der Waals surface area contributed by atoms with E-state index in [1.54, 1.807) is 11.3 Å². The number of hydrogen-bond acceptors (Lipinski definition) is 3. The molecular weight excluding hydrogens is 248 g/mol. The van der Waals surface area contributed by atoms with E-state index in [1.165, 1.54) is 9.75 Å². The second-order valence-corrected chi connectivity index (χ2v) is 5.57. The highest BCUT2D eigenvalue weighted by molar-refractivity contribution is 7.11. The summed E-state index contributed by atoms with van der Waals surface area (Å²) < 4.78 is 0. The van der Waals surface area contributed by atoms with Crippen LogP contribution in [0.2, 0.25) is 0 Å². The zero-order chi connectivity index (χ0) is 13.4. The predicted octanol–water partition coefficient (Wildman–Crippen LogP) is 2.27. The van der Waals surface area contributed by atoms with Gasteiger partial charge < -0.3 is 15.7 Å². The third kappa shape index (κ3) is 5.51. The number of hydrogen-bond donors (Lipinski definition) is 3. The summed E-state index contributed by atoms with van der Waals surface area (Å²) in [7, 11) is 0. The molecule has 1 aromatic heterocycles. The van der Waals surface area contributed by atoms with Gasteiger partial charge in [0.15, 0.2) is 0 Å². The van der Waals surface area contributed by atoms with Gasteiger partial charge in [-0.3, -0.25) is 0 Å². The van der Waals surface area contributed by atoms with Gasteiger partial charge in [-0.1, -0.05) is 6.92 Å². The van der Waals surface area contributed by atoms with Crippen LogP contribution < -0.4 is 10.6 Å². The Hall–Kier alpha value is -1.07. The van der Waals surface area contributed by atoms with Crippen LogP contribution in [0.4, 0.5) is 4.79 Å². The first-order valence-corrected chi connectivity index (χ1v) is 7.20. The van der Waals surface area contributed by atoms with Gasteiger partial charge in [0.1, 0.15) is 0 Å². The van der Waals surface area contributed by atoms with Crippen LogP contribution in [-0.2, 0) is 13.0 Å². The molecule has 3 N–H and O–H groups in total. The fourth-order valence-corrected chi connectivity index (χ4v) is 2.52. The molecule has 1 aromatic rings. The fourth-order valence-electron chi connectivity index (χ4n) is 1.62.